The number of sulfone groups is 1. The molecule has 0 aliphatic rings. The van der Waals surface area contributed by atoms with Crippen LogP contribution in [0, 0.1) is 0 Å². The Morgan fingerprint density at radius 2 is 2.06 bits per heavy atom. The third-order valence-corrected chi connectivity index (χ3v) is 3.62. The van der Waals surface area contributed by atoms with Crippen LogP contribution in [0.25, 0.3) is 11.3 Å². The minimum atomic E-state index is -3.34. The number of nitrogens with one attached hydrogen (secondary N) is 1. The van der Waals surface area contributed by atoms with Crippen LogP contribution >= 0.6 is 11.6 Å². The Hall–Kier alpha value is -1.53. The first kappa shape index (κ1) is 11.9. The Morgan fingerprint density at radius 1 is 1.35 bits per heavy atom. The fourth-order valence-corrected chi connectivity index (χ4v) is 2.57. The van der Waals surface area contributed by atoms with Crippen molar-refractivity contribution in [2.45, 2.75) is 4.90 Å². The maximum absolute atomic E-state index is 11.6. The summed E-state index contributed by atoms with van der Waals surface area (Å²) in [6.07, 6.45) is 1.14. The summed E-state index contributed by atoms with van der Waals surface area (Å²) in [5.74, 6) is 0.291. The van der Waals surface area contributed by atoms with Crippen LogP contribution < -0.4 is 5.73 Å². The highest BCUT2D eigenvalue weighted by Crippen LogP contribution is 2.29. The normalized spacial score (nSPS) is 11.6. The van der Waals surface area contributed by atoms with Crippen LogP contribution in [0.2, 0.25) is 5.02 Å². The molecule has 1 heterocycles. The lowest BCUT2D eigenvalue weighted by atomic mass is 10.1. The van der Waals surface area contributed by atoms with Gasteiger partial charge in [-0.25, -0.2) is 8.42 Å². The molecule has 0 spiro atoms. The molecule has 0 aliphatic heterocycles. The zero-order valence-corrected chi connectivity index (χ0v) is 10.5. The predicted molar refractivity (Wildman–Crippen MR) is 66.6 cm³/mol. The van der Waals surface area contributed by atoms with E-state index in [1.807, 2.05) is 0 Å². The zero-order valence-electron chi connectivity index (χ0n) is 8.94. The summed E-state index contributed by atoms with van der Waals surface area (Å²) in [6, 6.07) is 6.11. The summed E-state index contributed by atoms with van der Waals surface area (Å²) in [5, 5.41) is 6.87. The van der Waals surface area contributed by atoms with Gasteiger partial charge in [0, 0.05) is 22.9 Å². The molecule has 90 valence electrons. The molecule has 0 bridgehead atoms. The van der Waals surface area contributed by atoms with Crippen molar-refractivity contribution < 1.29 is 8.42 Å². The first-order chi connectivity index (χ1) is 7.88. The maximum Gasteiger partial charge on any atom is 0.176 e. The largest absolute Gasteiger partial charge is 0.382 e. The summed E-state index contributed by atoms with van der Waals surface area (Å²) in [6.45, 7) is 0. The topological polar surface area (TPSA) is 88.8 Å². The van der Waals surface area contributed by atoms with E-state index in [0.717, 1.165) is 6.26 Å². The minimum Gasteiger partial charge on any atom is -0.382 e. The van der Waals surface area contributed by atoms with Crippen LogP contribution in [0.15, 0.2) is 29.2 Å². The molecule has 0 aliphatic carbocycles. The van der Waals surface area contributed by atoms with Crippen molar-refractivity contribution in [3.63, 3.8) is 0 Å². The third-order valence-electron chi connectivity index (χ3n) is 2.23. The molecule has 2 rings (SSSR count). The number of nitrogens with two attached hydrogens (primary N) is 1. The molecule has 2 aromatic rings. The summed E-state index contributed by atoms with van der Waals surface area (Å²) in [5.41, 5.74) is 6.47. The highest BCUT2D eigenvalue weighted by molar-refractivity contribution is 7.90. The molecule has 0 fully saturated rings. The number of H-pyrrole nitrogens is 1. The first-order valence-electron chi connectivity index (χ1n) is 4.69. The Bertz CT molecular complexity index is 664. The number of rotatable bonds is 2. The number of benzene rings is 1. The number of aromatic amines is 1. The molecule has 0 saturated heterocycles. The van der Waals surface area contributed by atoms with Gasteiger partial charge in [0.1, 0.15) is 5.82 Å². The number of halogens is 1. The second kappa shape index (κ2) is 4.05. The van der Waals surface area contributed by atoms with Crippen molar-refractivity contribution >= 4 is 27.3 Å². The molecule has 7 heteroatoms. The zero-order chi connectivity index (χ0) is 12.6. The van der Waals surface area contributed by atoms with Crippen LogP contribution in [0.4, 0.5) is 5.82 Å². The fraction of sp³-hybridized carbons (Fsp3) is 0.100. The van der Waals surface area contributed by atoms with E-state index >= 15 is 0 Å². The van der Waals surface area contributed by atoms with E-state index in [0.29, 0.717) is 22.1 Å². The lowest BCUT2D eigenvalue weighted by Gasteiger charge is -2.06. The lowest BCUT2D eigenvalue weighted by Crippen LogP contribution is -2.00. The van der Waals surface area contributed by atoms with Gasteiger partial charge in [0.05, 0.1) is 10.6 Å². The van der Waals surface area contributed by atoms with E-state index in [1.165, 1.54) is 12.1 Å². The number of anilines is 1. The summed E-state index contributed by atoms with van der Waals surface area (Å²) in [7, 11) is -3.34. The van der Waals surface area contributed by atoms with Crippen molar-refractivity contribution in [2.24, 2.45) is 0 Å². The van der Waals surface area contributed by atoms with E-state index in [1.54, 1.807) is 12.1 Å². The molecule has 0 unspecified atom stereocenters. The number of hydrogen-bond donors (Lipinski definition) is 2. The summed E-state index contributed by atoms with van der Waals surface area (Å²) in [4.78, 5) is 0.186. The van der Waals surface area contributed by atoms with Crippen LogP contribution in [0.5, 0.6) is 0 Å². The Labute approximate surface area is 104 Å². The highest BCUT2D eigenvalue weighted by Gasteiger charge is 2.16. The molecule has 0 amide bonds. The van der Waals surface area contributed by atoms with Gasteiger partial charge in [-0.05, 0) is 18.2 Å². The van der Waals surface area contributed by atoms with Crippen molar-refractivity contribution in [2.75, 3.05) is 12.0 Å². The standard InChI is InChI=1S/C10H10ClN3O2S/c1-17(15,16)9-3-2-6(11)4-7(9)8-5-10(12)14-13-8/h2-5H,1H3,(H3,12,13,14). The number of nitrogens with zero attached hydrogens (tertiary/aromatic N) is 1. The van der Waals surface area contributed by atoms with E-state index in [4.69, 9.17) is 17.3 Å². The van der Waals surface area contributed by atoms with Crippen molar-refractivity contribution in [1.82, 2.24) is 10.2 Å². The van der Waals surface area contributed by atoms with Crippen molar-refractivity contribution in [1.29, 1.82) is 0 Å². The van der Waals surface area contributed by atoms with Gasteiger partial charge in [-0.1, -0.05) is 11.6 Å². The molecular weight excluding hydrogens is 262 g/mol. The quantitative estimate of drug-likeness (QED) is 0.870. The predicted octanol–water partition coefficient (Wildman–Crippen LogP) is 1.72. The van der Waals surface area contributed by atoms with Crippen LogP contribution in [-0.4, -0.2) is 24.9 Å². The monoisotopic (exact) mass is 271 g/mol. The second-order valence-electron chi connectivity index (χ2n) is 3.62. The van der Waals surface area contributed by atoms with Crippen LogP contribution in [0.1, 0.15) is 0 Å². The number of nitrogen functional groups attached to an aromatic ring is 1. The number of hydrogen-bond acceptors (Lipinski definition) is 4. The molecular formula is C10H10ClN3O2S. The average Bonchev–Trinajstić information content (AvgIpc) is 2.62. The maximum atomic E-state index is 11.6. The van der Waals surface area contributed by atoms with Crippen LogP contribution in [0.3, 0.4) is 0 Å². The molecule has 1 aromatic carbocycles. The van der Waals surface area contributed by atoms with Crippen molar-refractivity contribution in [3.05, 3.63) is 29.3 Å². The summed E-state index contributed by atoms with van der Waals surface area (Å²) < 4.78 is 23.3. The van der Waals surface area contributed by atoms with Gasteiger partial charge in [-0.3, -0.25) is 5.10 Å². The van der Waals surface area contributed by atoms with E-state index in [9.17, 15) is 8.42 Å². The van der Waals surface area contributed by atoms with E-state index < -0.39 is 9.84 Å². The van der Waals surface area contributed by atoms with Crippen molar-refractivity contribution in [3.8, 4) is 11.3 Å². The molecule has 5 nitrogen and oxygen atoms in total. The van der Waals surface area contributed by atoms with Gasteiger partial charge in [0.25, 0.3) is 0 Å². The Kier molecular flexibility index (Phi) is 2.84. The molecule has 0 atom stereocenters. The van der Waals surface area contributed by atoms with Gasteiger partial charge in [0.2, 0.25) is 0 Å². The minimum absolute atomic E-state index is 0.186. The molecule has 0 radical (unpaired) electrons. The fourth-order valence-electron chi connectivity index (χ4n) is 1.51. The summed E-state index contributed by atoms with van der Waals surface area (Å²) >= 11 is 5.86. The van der Waals surface area contributed by atoms with Gasteiger partial charge in [-0.2, -0.15) is 5.10 Å². The first-order valence-corrected chi connectivity index (χ1v) is 6.96. The SMILES string of the molecule is CS(=O)(=O)c1ccc(Cl)cc1-c1cc(N)n[nH]1. The molecule has 17 heavy (non-hydrogen) atoms. The molecule has 3 N–H and O–H groups in total. The van der Waals surface area contributed by atoms with Gasteiger partial charge >= 0.3 is 0 Å². The Morgan fingerprint density at radius 3 is 2.59 bits per heavy atom. The van der Waals surface area contributed by atoms with Crippen LogP contribution in [-0.2, 0) is 9.84 Å². The highest BCUT2D eigenvalue weighted by atomic mass is 35.5. The smallest absolute Gasteiger partial charge is 0.176 e. The molecule has 0 saturated carbocycles. The lowest BCUT2D eigenvalue weighted by molar-refractivity contribution is 0.602. The second-order valence-corrected chi connectivity index (χ2v) is 6.04. The average molecular weight is 272 g/mol. The van der Waals surface area contributed by atoms with E-state index in [-0.39, 0.29) is 4.90 Å². The molecule has 1 aromatic heterocycles. The van der Waals surface area contributed by atoms with E-state index in [2.05, 4.69) is 10.2 Å². The van der Waals surface area contributed by atoms with Gasteiger partial charge in [-0.15, -0.1) is 0 Å². The third kappa shape index (κ3) is 2.42. The van der Waals surface area contributed by atoms with Gasteiger partial charge < -0.3 is 5.73 Å². The van der Waals surface area contributed by atoms with Gasteiger partial charge in [0.15, 0.2) is 9.84 Å². The number of aromatic nitrogens is 2. The Balaban J connectivity index is 2.71.